The zero-order chi connectivity index (χ0) is 10.2. The summed E-state index contributed by atoms with van der Waals surface area (Å²) in [6.07, 6.45) is 2.81. The van der Waals surface area contributed by atoms with E-state index in [2.05, 4.69) is 6.07 Å². The van der Waals surface area contributed by atoms with Gasteiger partial charge in [0, 0.05) is 0 Å². The molecule has 2 rings (SSSR count). The van der Waals surface area contributed by atoms with Gasteiger partial charge in [0.05, 0.1) is 11.5 Å². The molecule has 0 aromatic heterocycles. The Morgan fingerprint density at radius 2 is 2.14 bits per heavy atom. The van der Waals surface area contributed by atoms with Gasteiger partial charge in [-0.25, -0.2) is 4.39 Å². The Morgan fingerprint density at radius 1 is 1.43 bits per heavy atom. The van der Waals surface area contributed by atoms with Gasteiger partial charge in [0.1, 0.15) is 5.82 Å². The van der Waals surface area contributed by atoms with Crippen LogP contribution in [0.15, 0.2) is 18.2 Å². The van der Waals surface area contributed by atoms with Crippen LogP contribution in [0.4, 0.5) is 4.39 Å². The minimum absolute atomic E-state index is 0.205. The van der Waals surface area contributed by atoms with Crippen molar-refractivity contribution in [1.82, 2.24) is 0 Å². The highest BCUT2D eigenvalue weighted by Crippen LogP contribution is 2.44. The molecule has 1 aromatic rings. The molecular formula is C12H12FN. The Bertz CT molecular complexity index is 399. The van der Waals surface area contributed by atoms with Crippen LogP contribution >= 0.6 is 0 Å². The second-order valence-electron chi connectivity index (χ2n) is 3.96. The number of nitrogens with zero attached hydrogens (tertiary/aromatic N) is 1. The molecule has 14 heavy (non-hydrogen) atoms. The van der Waals surface area contributed by atoms with Crippen LogP contribution < -0.4 is 0 Å². The van der Waals surface area contributed by atoms with Crippen LogP contribution in [0.2, 0.25) is 0 Å². The van der Waals surface area contributed by atoms with Crippen LogP contribution in [-0.4, -0.2) is 0 Å². The van der Waals surface area contributed by atoms with Crippen LogP contribution in [0, 0.1) is 24.1 Å². The minimum atomic E-state index is -0.397. The van der Waals surface area contributed by atoms with Crippen molar-refractivity contribution in [3.63, 3.8) is 0 Å². The summed E-state index contributed by atoms with van der Waals surface area (Å²) in [5.41, 5.74) is 1.12. The SMILES string of the molecule is Cc1c(F)cccc1C1(C#N)CCC1. The average Bonchev–Trinajstić information content (AvgIpc) is 2.11. The Balaban J connectivity index is 2.51. The first-order valence-corrected chi connectivity index (χ1v) is 4.86. The van der Waals surface area contributed by atoms with Crippen LogP contribution in [0.1, 0.15) is 30.4 Å². The zero-order valence-corrected chi connectivity index (χ0v) is 8.18. The van der Waals surface area contributed by atoms with Gasteiger partial charge in [0.25, 0.3) is 0 Å². The Morgan fingerprint density at radius 3 is 2.64 bits per heavy atom. The number of nitriles is 1. The van der Waals surface area contributed by atoms with Gasteiger partial charge in [-0.05, 0) is 43.4 Å². The van der Waals surface area contributed by atoms with Crippen LogP contribution in [0.5, 0.6) is 0 Å². The zero-order valence-electron chi connectivity index (χ0n) is 8.18. The molecule has 0 N–H and O–H groups in total. The van der Waals surface area contributed by atoms with Gasteiger partial charge in [-0.15, -0.1) is 0 Å². The first-order chi connectivity index (χ1) is 6.69. The molecule has 0 atom stereocenters. The lowest BCUT2D eigenvalue weighted by atomic mass is 9.64. The number of rotatable bonds is 1. The molecule has 0 heterocycles. The van der Waals surface area contributed by atoms with Gasteiger partial charge in [-0.2, -0.15) is 5.26 Å². The summed E-state index contributed by atoms with van der Waals surface area (Å²) in [5, 5.41) is 9.13. The van der Waals surface area contributed by atoms with E-state index < -0.39 is 5.41 Å². The lowest BCUT2D eigenvalue weighted by molar-refractivity contribution is 0.321. The molecule has 1 saturated carbocycles. The van der Waals surface area contributed by atoms with Gasteiger partial charge in [0.2, 0.25) is 0 Å². The molecule has 1 fully saturated rings. The van der Waals surface area contributed by atoms with Crippen molar-refractivity contribution in [3.05, 3.63) is 35.1 Å². The van der Waals surface area contributed by atoms with Gasteiger partial charge < -0.3 is 0 Å². The largest absolute Gasteiger partial charge is 0.207 e. The number of hydrogen-bond donors (Lipinski definition) is 0. The van der Waals surface area contributed by atoms with E-state index in [4.69, 9.17) is 5.26 Å². The summed E-state index contributed by atoms with van der Waals surface area (Å²) >= 11 is 0. The fraction of sp³-hybridized carbons (Fsp3) is 0.417. The van der Waals surface area contributed by atoms with Crippen molar-refractivity contribution in [1.29, 1.82) is 5.26 Å². The highest BCUT2D eigenvalue weighted by atomic mass is 19.1. The van der Waals surface area contributed by atoms with Gasteiger partial charge in [-0.3, -0.25) is 0 Å². The second-order valence-corrected chi connectivity index (χ2v) is 3.96. The summed E-state index contributed by atoms with van der Waals surface area (Å²) in [7, 11) is 0. The third-order valence-electron chi connectivity index (χ3n) is 3.20. The van der Waals surface area contributed by atoms with Crippen molar-refractivity contribution in [3.8, 4) is 6.07 Å². The molecular weight excluding hydrogens is 177 g/mol. The van der Waals surface area contributed by atoms with Crippen LogP contribution in [0.3, 0.4) is 0 Å². The average molecular weight is 189 g/mol. The van der Waals surface area contributed by atoms with E-state index in [0.29, 0.717) is 5.56 Å². The highest BCUT2D eigenvalue weighted by molar-refractivity contribution is 5.41. The normalized spacial score (nSPS) is 18.4. The van der Waals surface area contributed by atoms with Gasteiger partial charge in [0.15, 0.2) is 0 Å². The van der Waals surface area contributed by atoms with E-state index in [1.54, 1.807) is 13.0 Å². The van der Waals surface area contributed by atoms with E-state index in [9.17, 15) is 4.39 Å². The third kappa shape index (κ3) is 1.13. The van der Waals surface area contributed by atoms with E-state index >= 15 is 0 Å². The number of halogens is 1. The summed E-state index contributed by atoms with van der Waals surface area (Å²) in [5.74, 6) is -0.205. The molecule has 0 amide bonds. The van der Waals surface area contributed by atoms with E-state index in [1.807, 2.05) is 6.07 Å². The maximum Gasteiger partial charge on any atom is 0.126 e. The van der Waals surface area contributed by atoms with Crippen molar-refractivity contribution in [2.75, 3.05) is 0 Å². The lowest BCUT2D eigenvalue weighted by Crippen LogP contribution is -2.33. The number of benzene rings is 1. The Kier molecular flexibility index (Phi) is 2.03. The van der Waals surface area contributed by atoms with Gasteiger partial charge >= 0.3 is 0 Å². The molecule has 72 valence electrons. The molecule has 0 aliphatic heterocycles. The highest BCUT2D eigenvalue weighted by Gasteiger charge is 2.40. The fourth-order valence-electron chi connectivity index (χ4n) is 2.10. The first kappa shape index (κ1) is 9.21. The lowest BCUT2D eigenvalue weighted by Gasteiger charge is -2.36. The van der Waals surface area contributed by atoms with E-state index in [0.717, 1.165) is 24.8 Å². The molecule has 1 aliphatic rings. The molecule has 2 heteroatoms. The smallest absolute Gasteiger partial charge is 0.126 e. The van der Waals surface area contributed by atoms with Crippen molar-refractivity contribution < 1.29 is 4.39 Å². The quantitative estimate of drug-likeness (QED) is 0.666. The molecule has 0 radical (unpaired) electrons. The summed E-state index contributed by atoms with van der Waals surface area (Å²) < 4.78 is 13.3. The maximum absolute atomic E-state index is 13.3. The molecule has 0 spiro atoms. The predicted octanol–water partition coefficient (Wildman–Crippen LogP) is 3.08. The van der Waals surface area contributed by atoms with Crippen molar-refractivity contribution in [2.45, 2.75) is 31.6 Å². The Labute approximate surface area is 83.2 Å². The summed E-state index contributed by atoms with van der Waals surface area (Å²) in [4.78, 5) is 0. The van der Waals surface area contributed by atoms with Gasteiger partial charge in [-0.1, -0.05) is 12.1 Å². The molecule has 1 aromatic carbocycles. The molecule has 1 aliphatic carbocycles. The number of hydrogen-bond acceptors (Lipinski definition) is 1. The monoisotopic (exact) mass is 189 g/mol. The minimum Gasteiger partial charge on any atom is -0.207 e. The Hall–Kier alpha value is -1.36. The first-order valence-electron chi connectivity index (χ1n) is 4.86. The van der Waals surface area contributed by atoms with E-state index in [-0.39, 0.29) is 5.82 Å². The predicted molar refractivity (Wildman–Crippen MR) is 52.3 cm³/mol. The maximum atomic E-state index is 13.3. The van der Waals surface area contributed by atoms with E-state index in [1.165, 1.54) is 6.07 Å². The molecule has 0 bridgehead atoms. The van der Waals surface area contributed by atoms with Crippen molar-refractivity contribution in [2.24, 2.45) is 0 Å². The van der Waals surface area contributed by atoms with Crippen LogP contribution in [0.25, 0.3) is 0 Å². The topological polar surface area (TPSA) is 23.8 Å². The summed E-state index contributed by atoms with van der Waals surface area (Å²) in [6.45, 7) is 1.75. The molecule has 0 saturated heterocycles. The summed E-state index contributed by atoms with van der Waals surface area (Å²) in [6, 6.07) is 7.34. The standard InChI is InChI=1S/C12H12FN/c1-9-10(4-2-5-11(9)13)12(8-14)6-3-7-12/h2,4-5H,3,6-7H2,1H3. The molecule has 0 unspecified atom stereocenters. The molecule has 1 nitrogen and oxygen atoms in total. The van der Waals surface area contributed by atoms with Crippen molar-refractivity contribution >= 4 is 0 Å². The second kappa shape index (κ2) is 3.09. The van der Waals surface area contributed by atoms with Crippen LogP contribution in [-0.2, 0) is 5.41 Å². The fourth-order valence-corrected chi connectivity index (χ4v) is 2.10. The third-order valence-corrected chi connectivity index (χ3v) is 3.20.